The highest BCUT2D eigenvalue weighted by molar-refractivity contribution is 5.78. The van der Waals surface area contributed by atoms with E-state index in [-0.39, 0.29) is 23.2 Å². The van der Waals surface area contributed by atoms with Crippen LogP contribution in [0.25, 0.3) is 16.7 Å². The number of fused-ring (bicyclic) bond motifs is 2. The second-order valence-electron chi connectivity index (χ2n) is 5.72. The lowest BCUT2D eigenvalue weighted by Gasteiger charge is -2.12. The average molecular weight is 331 g/mol. The van der Waals surface area contributed by atoms with E-state index in [2.05, 4.69) is 4.98 Å². The summed E-state index contributed by atoms with van der Waals surface area (Å²) in [5, 5.41) is 17.9. The summed E-state index contributed by atoms with van der Waals surface area (Å²) in [6.45, 7) is 2.09. The van der Waals surface area contributed by atoms with Crippen molar-refractivity contribution in [1.29, 1.82) is 10.7 Å². The molecule has 0 amide bonds. The number of nitriles is 1. The van der Waals surface area contributed by atoms with Gasteiger partial charge in [-0.1, -0.05) is 6.07 Å². The van der Waals surface area contributed by atoms with Crippen LogP contribution < -0.4 is 11.0 Å². The molecule has 4 heterocycles. The Morgan fingerprint density at radius 1 is 1.32 bits per heavy atom. The van der Waals surface area contributed by atoms with E-state index < -0.39 is 0 Å². The molecule has 7 heteroatoms. The minimum Gasteiger partial charge on any atom is -0.467 e. The molecule has 0 aliphatic heterocycles. The molecule has 25 heavy (non-hydrogen) atoms. The van der Waals surface area contributed by atoms with E-state index in [1.807, 2.05) is 19.1 Å². The molecule has 7 nitrogen and oxygen atoms in total. The van der Waals surface area contributed by atoms with Crippen molar-refractivity contribution in [2.24, 2.45) is 0 Å². The quantitative estimate of drug-likeness (QED) is 0.567. The first-order valence-corrected chi connectivity index (χ1v) is 7.63. The van der Waals surface area contributed by atoms with Crippen LogP contribution in [-0.2, 0) is 6.54 Å². The molecule has 0 aromatic carbocycles. The summed E-state index contributed by atoms with van der Waals surface area (Å²) in [7, 11) is 0. The average Bonchev–Trinajstić information content (AvgIpc) is 3.12. The Bertz CT molecular complexity index is 1270. The van der Waals surface area contributed by atoms with E-state index in [1.165, 1.54) is 21.3 Å². The van der Waals surface area contributed by atoms with Gasteiger partial charge in [-0.05, 0) is 36.8 Å². The van der Waals surface area contributed by atoms with Crippen LogP contribution in [0.2, 0.25) is 0 Å². The molecule has 0 radical (unpaired) electrons. The summed E-state index contributed by atoms with van der Waals surface area (Å²) >= 11 is 0. The minimum atomic E-state index is -0.270. The molecule has 0 saturated carbocycles. The SMILES string of the molecule is Cc1cccn2c(=O)c3cc(C#N)c(=N)n(Cc4ccco4)c3nc12. The Labute approximate surface area is 141 Å². The molecule has 4 rings (SSSR count). The zero-order chi connectivity index (χ0) is 17.6. The van der Waals surface area contributed by atoms with Crippen molar-refractivity contribution in [3.05, 3.63) is 75.5 Å². The maximum Gasteiger partial charge on any atom is 0.267 e. The van der Waals surface area contributed by atoms with E-state index >= 15 is 0 Å². The lowest BCUT2D eigenvalue weighted by atomic mass is 10.2. The van der Waals surface area contributed by atoms with Crippen molar-refractivity contribution in [1.82, 2.24) is 14.0 Å². The smallest absolute Gasteiger partial charge is 0.267 e. The van der Waals surface area contributed by atoms with Crippen LogP contribution in [0.1, 0.15) is 16.9 Å². The van der Waals surface area contributed by atoms with Crippen LogP contribution in [0.4, 0.5) is 0 Å². The molecule has 0 aliphatic carbocycles. The zero-order valence-electron chi connectivity index (χ0n) is 13.4. The van der Waals surface area contributed by atoms with Crippen LogP contribution in [0.5, 0.6) is 0 Å². The molecular formula is C18H13N5O2. The normalized spacial score (nSPS) is 11.0. The van der Waals surface area contributed by atoms with Crippen molar-refractivity contribution in [2.45, 2.75) is 13.5 Å². The number of furan rings is 1. The minimum absolute atomic E-state index is 0.00349. The van der Waals surface area contributed by atoms with Crippen LogP contribution in [-0.4, -0.2) is 14.0 Å². The van der Waals surface area contributed by atoms with E-state index in [1.54, 1.807) is 24.4 Å². The highest BCUT2D eigenvalue weighted by Crippen LogP contribution is 2.14. The van der Waals surface area contributed by atoms with Crippen molar-refractivity contribution >= 4 is 16.7 Å². The molecule has 0 saturated heterocycles. The summed E-state index contributed by atoms with van der Waals surface area (Å²) in [5.41, 5.74) is 1.58. The van der Waals surface area contributed by atoms with E-state index in [9.17, 15) is 10.1 Å². The largest absolute Gasteiger partial charge is 0.467 e. The Morgan fingerprint density at radius 2 is 2.16 bits per heavy atom. The Morgan fingerprint density at radius 3 is 2.88 bits per heavy atom. The van der Waals surface area contributed by atoms with Gasteiger partial charge in [0.2, 0.25) is 0 Å². The zero-order valence-corrected chi connectivity index (χ0v) is 13.4. The molecule has 0 atom stereocenters. The number of pyridine rings is 2. The van der Waals surface area contributed by atoms with Gasteiger partial charge in [0.1, 0.15) is 28.6 Å². The van der Waals surface area contributed by atoms with E-state index in [0.29, 0.717) is 22.4 Å². The molecule has 0 fully saturated rings. The number of hydrogen-bond acceptors (Lipinski definition) is 5. The van der Waals surface area contributed by atoms with Gasteiger partial charge in [-0.2, -0.15) is 5.26 Å². The first-order valence-electron chi connectivity index (χ1n) is 7.63. The third-order valence-corrected chi connectivity index (χ3v) is 4.15. The van der Waals surface area contributed by atoms with Crippen molar-refractivity contribution in [2.75, 3.05) is 0 Å². The summed E-state index contributed by atoms with van der Waals surface area (Å²) in [5.74, 6) is 0.613. The van der Waals surface area contributed by atoms with E-state index in [0.717, 1.165) is 5.56 Å². The predicted octanol–water partition coefficient (Wildman–Crippen LogP) is 1.95. The number of nitrogens with one attached hydrogen (secondary N) is 1. The van der Waals surface area contributed by atoms with Crippen LogP contribution in [0, 0.1) is 23.7 Å². The maximum atomic E-state index is 12.9. The monoisotopic (exact) mass is 331 g/mol. The topological polar surface area (TPSA) is 100 Å². The molecule has 0 unspecified atom stereocenters. The first-order chi connectivity index (χ1) is 12.1. The van der Waals surface area contributed by atoms with Gasteiger partial charge in [-0.25, -0.2) is 4.98 Å². The predicted molar refractivity (Wildman–Crippen MR) is 90.1 cm³/mol. The lowest BCUT2D eigenvalue weighted by molar-refractivity contribution is 0.490. The van der Waals surface area contributed by atoms with Gasteiger partial charge in [0.25, 0.3) is 5.56 Å². The maximum absolute atomic E-state index is 12.9. The van der Waals surface area contributed by atoms with Gasteiger partial charge in [0.15, 0.2) is 0 Å². The summed E-state index contributed by atoms with van der Waals surface area (Å²) in [6, 6.07) is 10.6. The summed E-state index contributed by atoms with van der Waals surface area (Å²) < 4.78 is 8.34. The van der Waals surface area contributed by atoms with Crippen LogP contribution >= 0.6 is 0 Å². The van der Waals surface area contributed by atoms with Crippen molar-refractivity contribution < 1.29 is 4.42 Å². The third kappa shape index (κ3) is 2.23. The molecular weight excluding hydrogens is 318 g/mol. The Balaban J connectivity index is 2.18. The van der Waals surface area contributed by atoms with Gasteiger partial charge in [0, 0.05) is 6.20 Å². The second-order valence-corrected chi connectivity index (χ2v) is 5.72. The lowest BCUT2D eigenvalue weighted by Crippen LogP contribution is -2.28. The van der Waals surface area contributed by atoms with Crippen molar-refractivity contribution in [3.63, 3.8) is 0 Å². The number of hydrogen-bond donors (Lipinski definition) is 1. The van der Waals surface area contributed by atoms with Gasteiger partial charge >= 0.3 is 0 Å². The summed E-state index contributed by atoms with van der Waals surface area (Å²) in [4.78, 5) is 17.5. The highest BCUT2D eigenvalue weighted by atomic mass is 16.3. The van der Waals surface area contributed by atoms with E-state index in [4.69, 9.17) is 9.83 Å². The molecule has 122 valence electrons. The Hall–Kier alpha value is -3.66. The molecule has 4 aromatic rings. The van der Waals surface area contributed by atoms with Gasteiger partial charge < -0.3 is 8.98 Å². The fourth-order valence-electron chi connectivity index (χ4n) is 2.89. The van der Waals surface area contributed by atoms with Crippen LogP contribution in [0.15, 0.2) is 52.0 Å². The molecule has 0 aliphatic rings. The Kier molecular flexibility index (Phi) is 3.25. The highest BCUT2D eigenvalue weighted by Gasteiger charge is 2.15. The van der Waals surface area contributed by atoms with Gasteiger partial charge in [-0.15, -0.1) is 0 Å². The number of aromatic nitrogens is 3. The fraction of sp³-hybridized carbons (Fsp3) is 0.111. The van der Waals surface area contributed by atoms with Gasteiger partial charge in [0.05, 0.1) is 23.8 Å². The van der Waals surface area contributed by atoms with Crippen LogP contribution in [0.3, 0.4) is 0 Å². The molecule has 4 aromatic heterocycles. The van der Waals surface area contributed by atoms with Gasteiger partial charge in [-0.3, -0.25) is 14.6 Å². The third-order valence-electron chi connectivity index (χ3n) is 4.15. The number of aryl methyl sites for hydroxylation is 1. The fourth-order valence-corrected chi connectivity index (χ4v) is 2.89. The standard InChI is InChI=1S/C18H13N5O2/c1-11-4-2-6-22-16(11)21-17-14(18(22)24)8-12(9-19)15(20)23(17)10-13-5-3-7-25-13/h2-8,20H,10H2,1H3. The second kappa shape index (κ2) is 5.46. The molecule has 0 bridgehead atoms. The van der Waals surface area contributed by atoms with Crippen molar-refractivity contribution in [3.8, 4) is 6.07 Å². The molecule has 1 N–H and O–H groups in total. The number of nitrogens with zero attached hydrogens (tertiary/aromatic N) is 4. The number of rotatable bonds is 2. The molecule has 0 spiro atoms. The summed E-state index contributed by atoms with van der Waals surface area (Å²) in [6.07, 6.45) is 3.19. The first kappa shape index (κ1) is 14.9.